The molecule has 4 nitrogen and oxygen atoms in total. The average Bonchev–Trinajstić information content (AvgIpc) is 2.61. The van der Waals surface area contributed by atoms with Crippen LogP contribution in [0.2, 0.25) is 0 Å². The number of pyridine rings is 1. The molecule has 1 aromatic heterocycles. The minimum Gasteiger partial charge on any atom is -0.337 e. The highest BCUT2D eigenvalue weighted by atomic mass is 16.2. The fourth-order valence-corrected chi connectivity index (χ4v) is 2.93. The van der Waals surface area contributed by atoms with Gasteiger partial charge in [-0.3, -0.25) is 14.7 Å². The lowest BCUT2D eigenvalue weighted by atomic mass is 10.1. The Hall–Kier alpha value is -2.46. The normalized spacial score (nSPS) is 15.8. The molecule has 124 valence electrons. The maximum absolute atomic E-state index is 12.3. The first kappa shape index (κ1) is 16.4. The molecule has 1 fully saturated rings. The van der Waals surface area contributed by atoms with E-state index in [0.29, 0.717) is 0 Å². The van der Waals surface area contributed by atoms with Crippen molar-refractivity contribution in [1.82, 2.24) is 14.8 Å². The van der Waals surface area contributed by atoms with Crippen LogP contribution in [0.1, 0.15) is 16.8 Å². The zero-order valence-corrected chi connectivity index (χ0v) is 14.1. The van der Waals surface area contributed by atoms with Crippen LogP contribution in [0.25, 0.3) is 6.08 Å². The maximum atomic E-state index is 12.3. The van der Waals surface area contributed by atoms with Crippen molar-refractivity contribution in [3.05, 3.63) is 71.6 Å². The van der Waals surface area contributed by atoms with Crippen molar-refractivity contribution in [2.75, 3.05) is 26.2 Å². The summed E-state index contributed by atoms with van der Waals surface area (Å²) >= 11 is 0. The predicted molar refractivity (Wildman–Crippen MR) is 96.3 cm³/mol. The number of aryl methyl sites for hydroxylation is 1. The SMILES string of the molecule is Cc1cccc(CN2CCN(C(=O)/C=C/c3ccccn3)CC2)c1. The molecule has 2 aromatic rings. The van der Waals surface area contributed by atoms with Crippen molar-refractivity contribution in [2.45, 2.75) is 13.5 Å². The van der Waals surface area contributed by atoms with E-state index in [9.17, 15) is 4.79 Å². The first-order chi connectivity index (χ1) is 11.7. The van der Waals surface area contributed by atoms with Crippen LogP contribution in [0.5, 0.6) is 0 Å². The minimum absolute atomic E-state index is 0.0656. The molecule has 1 amide bonds. The second-order valence-corrected chi connectivity index (χ2v) is 6.18. The van der Waals surface area contributed by atoms with Crippen LogP contribution in [0.3, 0.4) is 0 Å². The van der Waals surface area contributed by atoms with Gasteiger partial charge in [-0.15, -0.1) is 0 Å². The van der Waals surface area contributed by atoms with Crippen LogP contribution in [-0.2, 0) is 11.3 Å². The van der Waals surface area contributed by atoms with E-state index in [1.807, 2.05) is 23.1 Å². The summed E-state index contributed by atoms with van der Waals surface area (Å²) in [6.45, 7) is 6.45. The molecule has 0 spiro atoms. The maximum Gasteiger partial charge on any atom is 0.246 e. The topological polar surface area (TPSA) is 36.4 Å². The minimum atomic E-state index is 0.0656. The highest BCUT2D eigenvalue weighted by Crippen LogP contribution is 2.11. The molecule has 0 unspecified atom stereocenters. The van der Waals surface area contributed by atoms with Crippen LogP contribution < -0.4 is 0 Å². The number of carbonyl (C=O) groups is 1. The number of benzene rings is 1. The quantitative estimate of drug-likeness (QED) is 0.813. The fraction of sp³-hybridized carbons (Fsp3) is 0.300. The van der Waals surface area contributed by atoms with Gasteiger partial charge in [-0.25, -0.2) is 0 Å². The number of rotatable bonds is 4. The third-order valence-corrected chi connectivity index (χ3v) is 4.26. The van der Waals surface area contributed by atoms with Gasteiger partial charge in [0.2, 0.25) is 5.91 Å². The lowest BCUT2D eigenvalue weighted by molar-refractivity contribution is -0.127. The summed E-state index contributed by atoms with van der Waals surface area (Å²) in [6.07, 6.45) is 5.13. The summed E-state index contributed by atoms with van der Waals surface area (Å²) in [6, 6.07) is 14.3. The summed E-state index contributed by atoms with van der Waals surface area (Å²) < 4.78 is 0. The Balaban J connectivity index is 1.49. The fourth-order valence-electron chi connectivity index (χ4n) is 2.93. The van der Waals surface area contributed by atoms with Gasteiger partial charge in [0.05, 0.1) is 5.69 Å². The molecule has 0 radical (unpaired) electrons. The van der Waals surface area contributed by atoms with Crippen LogP contribution in [-0.4, -0.2) is 46.9 Å². The molecule has 0 N–H and O–H groups in total. The predicted octanol–water partition coefficient (Wildman–Crippen LogP) is 2.75. The van der Waals surface area contributed by atoms with Crippen molar-refractivity contribution in [3.8, 4) is 0 Å². The molecule has 3 rings (SSSR count). The van der Waals surface area contributed by atoms with Crippen LogP contribution >= 0.6 is 0 Å². The molecule has 1 saturated heterocycles. The van der Waals surface area contributed by atoms with Gasteiger partial charge in [0.15, 0.2) is 0 Å². The summed E-state index contributed by atoms with van der Waals surface area (Å²) in [5.41, 5.74) is 3.44. The average molecular weight is 321 g/mol. The number of aromatic nitrogens is 1. The van der Waals surface area contributed by atoms with Gasteiger partial charge >= 0.3 is 0 Å². The van der Waals surface area contributed by atoms with Crippen molar-refractivity contribution in [1.29, 1.82) is 0 Å². The van der Waals surface area contributed by atoms with Gasteiger partial charge in [-0.05, 0) is 30.7 Å². The van der Waals surface area contributed by atoms with E-state index in [2.05, 4.69) is 41.1 Å². The van der Waals surface area contributed by atoms with E-state index in [1.165, 1.54) is 11.1 Å². The van der Waals surface area contributed by atoms with E-state index in [4.69, 9.17) is 0 Å². The first-order valence-corrected chi connectivity index (χ1v) is 8.36. The van der Waals surface area contributed by atoms with Gasteiger partial charge in [0.25, 0.3) is 0 Å². The number of hydrogen-bond acceptors (Lipinski definition) is 3. The number of amides is 1. The summed E-state index contributed by atoms with van der Waals surface area (Å²) in [5.74, 6) is 0.0656. The van der Waals surface area contributed by atoms with Gasteiger partial charge in [0, 0.05) is 45.0 Å². The molecule has 1 aliphatic rings. The van der Waals surface area contributed by atoms with Crippen molar-refractivity contribution >= 4 is 12.0 Å². The Morgan fingerprint density at radius 2 is 1.96 bits per heavy atom. The Bertz CT molecular complexity index is 704. The second-order valence-electron chi connectivity index (χ2n) is 6.18. The van der Waals surface area contributed by atoms with Gasteiger partial charge in [-0.1, -0.05) is 35.9 Å². The summed E-state index contributed by atoms with van der Waals surface area (Å²) in [5, 5.41) is 0. The molecule has 0 aliphatic carbocycles. The monoisotopic (exact) mass is 321 g/mol. The third-order valence-electron chi connectivity index (χ3n) is 4.26. The van der Waals surface area contributed by atoms with Crippen LogP contribution in [0.4, 0.5) is 0 Å². The third kappa shape index (κ3) is 4.52. The molecule has 1 aromatic carbocycles. The van der Waals surface area contributed by atoms with E-state index in [0.717, 1.165) is 38.4 Å². The first-order valence-electron chi connectivity index (χ1n) is 8.36. The highest BCUT2D eigenvalue weighted by molar-refractivity contribution is 5.91. The lowest BCUT2D eigenvalue weighted by Crippen LogP contribution is -2.47. The Morgan fingerprint density at radius 3 is 2.67 bits per heavy atom. The molecule has 1 aliphatic heterocycles. The molecule has 0 saturated carbocycles. The second kappa shape index (κ2) is 7.88. The number of carbonyl (C=O) groups excluding carboxylic acids is 1. The van der Waals surface area contributed by atoms with Gasteiger partial charge in [0.1, 0.15) is 0 Å². The van der Waals surface area contributed by atoms with Crippen molar-refractivity contribution in [3.63, 3.8) is 0 Å². The van der Waals surface area contributed by atoms with Crippen molar-refractivity contribution < 1.29 is 4.79 Å². The lowest BCUT2D eigenvalue weighted by Gasteiger charge is -2.34. The Morgan fingerprint density at radius 1 is 1.12 bits per heavy atom. The smallest absolute Gasteiger partial charge is 0.246 e. The van der Waals surface area contributed by atoms with E-state index in [-0.39, 0.29) is 5.91 Å². The Kier molecular flexibility index (Phi) is 5.39. The van der Waals surface area contributed by atoms with Crippen LogP contribution in [0.15, 0.2) is 54.7 Å². The molecular weight excluding hydrogens is 298 g/mol. The van der Waals surface area contributed by atoms with E-state index >= 15 is 0 Å². The summed E-state index contributed by atoms with van der Waals surface area (Å²) in [7, 11) is 0. The molecule has 0 bridgehead atoms. The highest BCUT2D eigenvalue weighted by Gasteiger charge is 2.19. The molecule has 2 heterocycles. The standard InChI is InChI=1S/C20H23N3O/c1-17-5-4-6-18(15-17)16-22-11-13-23(14-12-22)20(24)9-8-19-7-2-3-10-21-19/h2-10,15H,11-14,16H2,1H3/b9-8+. The van der Waals surface area contributed by atoms with Gasteiger partial charge in [-0.2, -0.15) is 0 Å². The molecular formula is C20H23N3O. The Labute approximate surface area is 143 Å². The van der Waals surface area contributed by atoms with Crippen LogP contribution in [0, 0.1) is 6.92 Å². The van der Waals surface area contributed by atoms with Gasteiger partial charge < -0.3 is 4.90 Å². The van der Waals surface area contributed by atoms with E-state index < -0.39 is 0 Å². The zero-order valence-electron chi connectivity index (χ0n) is 14.1. The molecule has 24 heavy (non-hydrogen) atoms. The number of piperazine rings is 1. The zero-order chi connectivity index (χ0) is 16.8. The van der Waals surface area contributed by atoms with Crippen molar-refractivity contribution in [2.24, 2.45) is 0 Å². The summed E-state index contributed by atoms with van der Waals surface area (Å²) in [4.78, 5) is 20.8. The molecule has 0 atom stereocenters. The van der Waals surface area contributed by atoms with E-state index in [1.54, 1.807) is 18.3 Å². The molecule has 4 heteroatoms. The number of hydrogen-bond donors (Lipinski definition) is 0. The largest absolute Gasteiger partial charge is 0.337 e. The number of nitrogens with zero attached hydrogens (tertiary/aromatic N) is 3.